The molecule has 0 unspecified atom stereocenters. The van der Waals surface area contributed by atoms with Gasteiger partial charge in [-0.05, 0) is 19.4 Å². The molecule has 0 atom stereocenters. The zero-order valence-electron chi connectivity index (χ0n) is 10.2. The molecule has 2 nitrogen and oxygen atoms in total. The molecule has 2 heteroatoms. The Labute approximate surface area is 98.2 Å². The van der Waals surface area contributed by atoms with E-state index in [1.54, 1.807) is 0 Å². The largest absolute Gasteiger partial charge is 0.395 e. The van der Waals surface area contributed by atoms with Crippen molar-refractivity contribution in [1.29, 1.82) is 0 Å². The number of allylic oxidation sites excluding steroid dienone is 1. The van der Waals surface area contributed by atoms with E-state index >= 15 is 0 Å². The highest BCUT2D eigenvalue weighted by Crippen LogP contribution is 2.04. The van der Waals surface area contributed by atoms with E-state index in [1.165, 1.54) is 11.1 Å². The number of nitrogens with zero attached hydrogens (tertiary/aromatic N) is 1. The fourth-order valence-corrected chi connectivity index (χ4v) is 1.53. The van der Waals surface area contributed by atoms with Crippen molar-refractivity contribution in [3.05, 3.63) is 47.5 Å². The van der Waals surface area contributed by atoms with Crippen LogP contribution in [-0.4, -0.2) is 29.7 Å². The van der Waals surface area contributed by atoms with Crippen molar-refractivity contribution in [2.24, 2.45) is 0 Å². The second-order valence-electron chi connectivity index (χ2n) is 4.23. The van der Waals surface area contributed by atoms with Crippen LogP contribution in [-0.2, 0) is 6.54 Å². The molecule has 0 aliphatic carbocycles. The van der Waals surface area contributed by atoms with E-state index in [0.29, 0.717) is 0 Å². The number of aliphatic hydroxyl groups excluding tert-OH is 1. The summed E-state index contributed by atoms with van der Waals surface area (Å²) in [5.41, 5.74) is 2.61. The van der Waals surface area contributed by atoms with Crippen LogP contribution >= 0.6 is 0 Å². The predicted molar refractivity (Wildman–Crippen MR) is 68.2 cm³/mol. The summed E-state index contributed by atoms with van der Waals surface area (Å²) < 4.78 is 0. The van der Waals surface area contributed by atoms with Gasteiger partial charge in [-0.15, -0.1) is 0 Å². The Morgan fingerprint density at radius 3 is 2.50 bits per heavy atom. The van der Waals surface area contributed by atoms with Gasteiger partial charge in [-0.2, -0.15) is 0 Å². The molecular weight excluding hydrogens is 198 g/mol. The number of hydrogen-bond acceptors (Lipinski definition) is 2. The van der Waals surface area contributed by atoms with Gasteiger partial charge < -0.3 is 5.11 Å². The highest BCUT2D eigenvalue weighted by atomic mass is 16.3. The Balaban J connectivity index is 2.54. The number of hydrogen-bond donors (Lipinski definition) is 1. The van der Waals surface area contributed by atoms with Crippen LogP contribution < -0.4 is 0 Å². The lowest BCUT2D eigenvalue weighted by molar-refractivity contribution is 0.203. The monoisotopic (exact) mass is 219 g/mol. The van der Waals surface area contributed by atoms with E-state index in [2.05, 4.69) is 37.0 Å². The van der Waals surface area contributed by atoms with Gasteiger partial charge in [0, 0.05) is 19.6 Å². The molecule has 0 saturated carbocycles. The maximum atomic E-state index is 9.02. The quantitative estimate of drug-likeness (QED) is 0.743. The second kappa shape index (κ2) is 7.20. The average molecular weight is 219 g/mol. The standard InChI is InChI=1S/C14H21NO/c1-13(2)8-9-15(10-11-16)12-14-6-4-3-5-7-14/h3-8,16H,9-12H2,1-2H3. The van der Waals surface area contributed by atoms with E-state index < -0.39 is 0 Å². The molecule has 0 heterocycles. The Morgan fingerprint density at radius 1 is 1.25 bits per heavy atom. The van der Waals surface area contributed by atoms with Crippen LogP contribution in [0.2, 0.25) is 0 Å². The molecule has 1 rings (SSSR count). The van der Waals surface area contributed by atoms with E-state index in [-0.39, 0.29) is 6.61 Å². The van der Waals surface area contributed by atoms with E-state index in [1.807, 2.05) is 18.2 Å². The maximum Gasteiger partial charge on any atom is 0.0558 e. The highest BCUT2D eigenvalue weighted by molar-refractivity contribution is 5.14. The van der Waals surface area contributed by atoms with Gasteiger partial charge in [0.15, 0.2) is 0 Å². The first-order valence-corrected chi connectivity index (χ1v) is 5.73. The highest BCUT2D eigenvalue weighted by Gasteiger charge is 2.03. The summed E-state index contributed by atoms with van der Waals surface area (Å²) in [6, 6.07) is 10.4. The van der Waals surface area contributed by atoms with Crippen molar-refractivity contribution < 1.29 is 5.11 Å². The summed E-state index contributed by atoms with van der Waals surface area (Å²) in [5, 5.41) is 9.02. The summed E-state index contributed by atoms with van der Waals surface area (Å²) in [4.78, 5) is 2.24. The minimum absolute atomic E-state index is 0.212. The number of aliphatic hydroxyl groups is 1. The van der Waals surface area contributed by atoms with E-state index in [9.17, 15) is 0 Å². The summed E-state index contributed by atoms with van der Waals surface area (Å²) in [7, 11) is 0. The second-order valence-corrected chi connectivity index (χ2v) is 4.23. The van der Waals surface area contributed by atoms with Gasteiger partial charge in [-0.25, -0.2) is 0 Å². The van der Waals surface area contributed by atoms with Crippen LogP contribution in [0, 0.1) is 0 Å². The van der Waals surface area contributed by atoms with Gasteiger partial charge in [0.25, 0.3) is 0 Å². The van der Waals surface area contributed by atoms with Crippen molar-refractivity contribution in [2.45, 2.75) is 20.4 Å². The van der Waals surface area contributed by atoms with Gasteiger partial charge in [0.1, 0.15) is 0 Å². The molecule has 1 N–H and O–H groups in total. The van der Waals surface area contributed by atoms with Crippen LogP contribution in [0.1, 0.15) is 19.4 Å². The maximum absolute atomic E-state index is 9.02. The lowest BCUT2D eigenvalue weighted by Gasteiger charge is -2.19. The Bertz CT molecular complexity index is 315. The van der Waals surface area contributed by atoms with Crippen molar-refractivity contribution in [3.8, 4) is 0 Å². The molecule has 16 heavy (non-hydrogen) atoms. The molecule has 0 fully saturated rings. The lowest BCUT2D eigenvalue weighted by atomic mass is 10.2. The van der Waals surface area contributed by atoms with Crippen molar-refractivity contribution in [2.75, 3.05) is 19.7 Å². The van der Waals surface area contributed by atoms with Gasteiger partial charge in [-0.1, -0.05) is 42.0 Å². The van der Waals surface area contributed by atoms with Crippen molar-refractivity contribution >= 4 is 0 Å². The Kier molecular flexibility index (Phi) is 5.83. The average Bonchev–Trinajstić information content (AvgIpc) is 2.27. The van der Waals surface area contributed by atoms with Crippen LogP contribution in [0.15, 0.2) is 42.0 Å². The van der Waals surface area contributed by atoms with Gasteiger partial charge in [0.2, 0.25) is 0 Å². The van der Waals surface area contributed by atoms with Gasteiger partial charge >= 0.3 is 0 Å². The van der Waals surface area contributed by atoms with Crippen LogP contribution in [0.25, 0.3) is 0 Å². The molecule has 0 aromatic heterocycles. The van der Waals surface area contributed by atoms with Crippen LogP contribution in [0.5, 0.6) is 0 Å². The molecule has 0 amide bonds. The molecule has 1 aromatic rings. The lowest BCUT2D eigenvalue weighted by Crippen LogP contribution is -2.26. The zero-order valence-corrected chi connectivity index (χ0v) is 10.2. The predicted octanol–water partition coefficient (Wildman–Crippen LogP) is 2.45. The molecular formula is C14H21NO. The SMILES string of the molecule is CC(C)=CCN(CCO)Cc1ccccc1. The molecule has 0 radical (unpaired) electrons. The minimum Gasteiger partial charge on any atom is -0.395 e. The first kappa shape index (κ1) is 12.9. The third-order valence-electron chi connectivity index (χ3n) is 2.42. The van der Waals surface area contributed by atoms with Crippen LogP contribution in [0.4, 0.5) is 0 Å². The minimum atomic E-state index is 0.212. The molecule has 0 aliphatic rings. The van der Waals surface area contributed by atoms with Gasteiger partial charge in [0.05, 0.1) is 6.61 Å². The summed E-state index contributed by atoms with van der Waals surface area (Å²) >= 11 is 0. The smallest absolute Gasteiger partial charge is 0.0558 e. The van der Waals surface area contributed by atoms with Crippen molar-refractivity contribution in [3.63, 3.8) is 0 Å². The first-order valence-electron chi connectivity index (χ1n) is 5.73. The van der Waals surface area contributed by atoms with Gasteiger partial charge in [-0.3, -0.25) is 4.90 Å². The zero-order chi connectivity index (χ0) is 11.8. The van der Waals surface area contributed by atoms with Crippen LogP contribution in [0.3, 0.4) is 0 Å². The number of benzene rings is 1. The Morgan fingerprint density at radius 2 is 1.94 bits per heavy atom. The molecule has 0 bridgehead atoms. The first-order chi connectivity index (χ1) is 7.72. The van der Waals surface area contributed by atoms with E-state index in [4.69, 9.17) is 5.11 Å². The summed E-state index contributed by atoms with van der Waals surface area (Å²) in [5.74, 6) is 0. The fraction of sp³-hybridized carbons (Fsp3) is 0.429. The fourth-order valence-electron chi connectivity index (χ4n) is 1.53. The Hall–Kier alpha value is -1.12. The summed E-state index contributed by atoms with van der Waals surface area (Å²) in [6.45, 7) is 6.92. The molecule has 0 saturated heterocycles. The molecule has 0 aliphatic heterocycles. The van der Waals surface area contributed by atoms with E-state index in [0.717, 1.165) is 19.6 Å². The van der Waals surface area contributed by atoms with Crippen molar-refractivity contribution in [1.82, 2.24) is 4.90 Å². The topological polar surface area (TPSA) is 23.5 Å². The third-order valence-corrected chi connectivity index (χ3v) is 2.42. The third kappa shape index (κ3) is 5.10. The molecule has 88 valence electrons. The molecule has 0 spiro atoms. The summed E-state index contributed by atoms with van der Waals surface area (Å²) in [6.07, 6.45) is 2.19. The molecule has 1 aromatic carbocycles. The normalized spacial score (nSPS) is 10.5. The number of rotatable bonds is 6.